The minimum Gasteiger partial charge on any atom is -0.271 e. The SMILES string of the molecule is NNC(CCCC(F)(F)F)CC1CCS(=O)(=O)C1. The zero-order chi connectivity index (χ0) is 13.8. The molecule has 0 amide bonds. The van der Waals surface area contributed by atoms with E-state index >= 15 is 0 Å². The summed E-state index contributed by atoms with van der Waals surface area (Å²) in [6.45, 7) is 0. The molecule has 1 rings (SSSR count). The molecule has 0 spiro atoms. The van der Waals surface area contributed by atoms with Crippen LogP contribution in [-0.4, -0.2) is 32.1 Å². The highest BCUT2D eigenvalue weighted by molar-refractivity contribution is 7.91. The van der Waals surface area contributed by atoms with E-state index in [1.807, 2.05) is 0 Å². The number of sulfone groups is 1. The average Bonchev–Trinajstić information content (AvgIpc) is 2.55. The molecule has 1 fully saturated rings. The van der Waals surface area contributed by atoms with Gasteiger partial charge in [0.25, 0.3) is 0 Å². The molecule has 0 saturated carbocycles. The van der Waals surface area contributed by atoms with Crippen molar-refractivity contribution >= 4 is 9.84 Å². The Labute approximate surface area is 105 Å². The molecule has 1 saturated heterocycles. The Hall–Kier alpha value is -0.340. The monoisotopic (exact) mass is 288 g/mol. The van der Waals surface area contributed by atoms with Gasteiger partial charge in [-0.3, -0.25) is 11.3 Å². The highest BCUT2D eigenvalue weighted by atomic mass is 32.2. The molecule has 0 aromatic carbocycles. The second-order valence-electron chi connectivity index (χ2n) is 4.88. The summed E-state index contributed by atoms with van der Waals surface area (Å²) >= 11 is 0. The number of hydrogen-bond donors (Lipinski definition) is 2. The van der Waals surface area contributed by atoms with E-state index in [0.717, 1.165) is 0 Å². The van der Waals surface area contributed by atoms with Crippen LogP contribution < -0.4 is 11.3 Å². The topological polar surface area (TPSA) is 72.2 Å². The number of alkyl halides is 3. The van der Waals surface area contributed by atoms with Crippen LogP contribution in [0.15, 0.2) is 0 Å². The molecular formula is C10H19F3N2O2S. The third-order valence-corrected chi connectivity index (χ3v) is 5.03. The van der Waals surface area contributed by atoms with Crippen LogP contribution in [0.4, 0.5) is 13.2 Å². The van der Waals surface area contributed by atoms with Crippen molar-refractivity contribution in [2.24, 2.45) is 11.8 Å². The maximum Gasteiger partial charge on any atom is 0.389 e. The first kappa shape index (κ1) is 15.7. The van der Waals surface area contributed by atoms with Crippen molar-refractivity contribution in [1.29, 1.82) is 0 Å². The number of nitrogens with one attached hydrogen (secondary N) is 1. The van der Waals surface area contributed by atoms with Gasteiger partial charge < -0.3 is 0 Å². The quantitative estimate of drug-likeness (QED) is 0.572. The molecule has 0 bridgehead atoms. The van der Waals surface area contributed by atoms with Crippen molar-refractivity contribution in [1.82, 2.24) is 5.43 Å². The molecule has 3 N–H and O–H groups in total. The van der Waals surface area contributed by atoms with Gasteiger partial charge in [-0.15, -0.1) is 0 Å². The van der Waals surface area contributed by atoms with Crippen molar-refractivity contribution in [2.75, 3.05) is 11.5 Å². The number of nitrogens with two attached hydrogens (primary N) is 1. The summed E-state index contributed by atoms with van der Waals surface area (Å²) in [6.07, 6.45) is -3.54. The van der Waals surface area contributed by atoms with Crippen molar-refractivity contribution < 1.29 is 21.6 Å². The summed E-state index contributed by atoms with van der Waals surface area (Å²) in [5, 5.41) is 0. The van der Waals surface area contributed by atoms with Crippen LogP contribution >= 0.6 is 0 Å². The lowest BCUT2D eigenvalue weighted by atomic mass is 9.96. The van der Waals surface area contributed by atoms with Crippen molar-refractivity contribution in [2.45, 2.75) is 44.3 Å². The number of hydrazine groups is 1. The van der Waals surface area contributed by atoms with Crippen molar-refractivity contribution in [3.63, 3.8) is 0 Å². The van der Waals surface area contributed by atoms with Crippen LogP contribution in [0, 0.1) is 5.92 Å². The van der Waals surface area contributed by atoms with E-state index in [9.17, 15) is 21.6 Å². The van der Waals surface area contributed by atoms with E-state index in [0.29, 0.717) is 19.3 Å². The largest absolute Gasteiger partial charge is 0.389 e. The molecule has 108 valence electrons. The van der Waals surface area contributed by atoms with Gasteiger partial charge in [-0.05, 0) is 31.6 Å². The van der Waals surface area contributed by atoms with Crippen LogP contribution in [0.2, 0.25) is 0 Å². The van der Waals surface area contributed by atoms with E-state index in [1.54, 1.807) is 0 Å². The van der Waals surface area contributed by atoms with Crippen LogP contribution in [-0.2, 0) is 9.84 Å². The Bertz CT molecular complexity index is 357. The molecule has 18 heavy (non-hydrogen) atoms. The van der Waals surface area contributed by atoms with Gasteiger partial charge in [-0.2, -0.15) is 13.2 Å². The van der Waals surface area contributed by atoms with Crippen molar-refractivity contribution in [3.8, 4) is 0 Å². The Morgan fingerprint density at radius 1 is 1.39 bits per heavy atom. The first-order valence-electron chi connectivity index (χ1n) is 5.95. The van der Waals surface area contributed by atoms with Gasteiger partial charge in [-0.1, -0.05) is 0 Å². The van der Waals surface area contributed by atoms with Gasteiger partial charge in [0.05, 0.1) is 11.5 Å². The van der Waals surface area contributed by atoms with E-state index < -0.39 is 22.4 Å². The van der Waals surface area contributed by atoms with Crippen LogP contribution in [0.1, 0.15) is 32.1 Å². The zero-order valence-electron chi connectivity index (χ0n) is 10.0. The highest BCUT2D eigenvalue weighted by Crippen LogP contribution is 2.26. The van der Waals surface area contributed by atoms with Gasteiger partial charge in [-0.25, -0.2) is 8.42 Å². The molecule has 4 nitrogen and oxygen atoms in total. The minimum absolute atomic E-state index is 0.0117. The van der Waals surface area contributed by atoms with Crippen molar-refractivity contribution in [3.05, 3.63) is 0 Å². The smallest absolute Gasteiger partial charge is 0.271 e. The normalized spacial score (nSPS) is 25.2. The summed E-state index contributed by atoms with van der Waals surface area (Å²) < 4.78 is 58.5. The Balaban J connectivity index is 2.30. The summed E-state index contributed by atoms with van der Waals surface area (Å²) in [5.74, 6) is 5.61. The fourth-order valence-electron chi connectivity index (χ4n) is 2.28. The van der Waals surface area contributed by atoms with E-state index in [-0.39, 0.29) is 29.9 Å². The molecule has 8 heteroatoms. The maximum absolute atomic E-state index is 12.0. The maximum atomic E-state index is 12.0. The molecule has 1 aliphatic rings. The minimum atomic E-state index is -4.14. The molecule has 2 unspecified atom stereocenters. The highest BCUT2D eigenvalue weighted by Gasteiger charge is 2.30. The van der Waals surface area contributed by atoms with Crippen LogP contribution in [0.5, 0.6) is 0 Å². The summed E-state index contributed by atoms with van der Waals surface area (Å²) in [4.78, 5) is 0. The number of halogens is 3. The Morgan fingerprint density at radius 2 is 2.06 bits per heavy atom. The molecule has 1 heterocycles. The lowest BCUT2D eigenvalue weighted by molar-refractivity contribution is -0.135. The molecule has 0 radical (unpaired) electrons. The standard InChI is InChI=1S/C10H19F3N2O2S/c11-10(12,13)4-1-2-9(15-14)6-8-3-5-18(16,17)7-8/h8-9,15H,1-7,14H2. The predicted molar refractivity (Wildman–Crippen MR) is 62.4 cm³/mol. The fraction of sp³-hybridized carbons (Fsp3) is 1.00. The second kappa shape index (κ2) is 6.21. The van der Waals surface area contributed by atoms with E-state index in [4.69, 9.17) is 5.84 Å². The second-order valence-corrected chi connectivity index (χ2v) is 7.10. The molecule has 0 aromatic rings. The summed E-state index contributed by atoms with van der Waals surface area (Å²) in [6, 6.07) is -0.245. The van der Waals surface area contributed by atoms with Gasteiger partial charge >= 0.3 is 6.18 Å². The fourth-order valence-corrected chi connectivity index (χ4v) is 4.16. The van der Waals surface area contributed by atoms with Gasteiger partial charge in [0.2, 0.25) is 0 Å². The van der Waals surface area contributed by atoms with Gasteiger partial charge in [0.1, 0.15) is 0 Å². The van der Waals surface area contributed by atoms with Gasteiger partial charge in [0.15, 0.2) is 9.84 Å². The predicted octanol–water partition coefficient (Wildman–Crippen LogP) is 1.38. The van der Waals surface area contributed by atoms with Gasteiger partial charge in [0, 0.05) is 12.5 Å². The van der Waals surface area contributed by atoms with E-state index in [1.165, 1.54) is 0 Å². The third kappa shape index (κ3) is 6.01. The number of hydrogen-bond acceptors (Lipinski definition) is 4. The molecule has 2 atom stereocenters. The van der Waals surface area contributed by atoms with Crippen LogP contribution in [0.25, 0.3) is 0 Å². The van der Waals surface area contributed by atoms with E-state index in [2.05, 4.69) is 5.43 Å². The Kier molecular flexibility index (Phi) is 5.42. The Morgan fingerprint density at radius 3 is 2.50 bits per heavy atom. The van der Waals surface area contributed by atoms with Crippen LogP contribution in [0.3, 0.4) is 0 Å². The lowest BCUT2D eigenvalue weighted by Crippen LogP contribution is -2.37. The molecule has 1 aliphatic heterocycles. The lowest BCUT2D eigenvalue weighted by Gasteiger charge is -2.19. The molecule has 0 aliphatic carbocycles. The molecular weight excluding hydrogens is 269 g/mol. The average molecular weight is 288 g/mol. The first-order chi connectivity index (χ1) is 8.22. The zero-order valence-corrected chi connectivity index (χ0v) is 10.9. The number of rotatable bonds is 6. The third-order valence-electron chi connectivity index (χ3n) is 3.19. The summed E-state index contributed by atoms with van der Waals surface area (Å²) in [7, 11) is -2.94. The first-order valence-corrected chi connectivity index (χ1v) is 7.77. The summed E-state index contributed by atoms with van der Waals surface area (Å²) in [5.41, 5.74) is 2.48. The molecule has 0 aromatic heterocycles.